The quantitative estimate of drug-likeness (QED) is 0.850. The second-order valence-electron chi connectivity index (χ2n) is 5.97. The molecule has 120 valence electrons. The monoisotopic (exact) mass is 330 g/mol. The van der Waals surface area contributed by atoms with Crippen LogP contribution in [0, 0.1) is 20.8 Å². The Hall–Kier alpha value is -2.21. The van der Waals surface area contributed by atoms with Gasteiger partial charge in [-0.1, -0.05) is 12.2 Å². The lowest BCUT2D eigenvalue weighted by Crippen LogP contribution is -2.35. The number of aryl methyl sites for hydroxylation is 2. The maximum atomic E-state index is 12.8. The van der Waals surface area contributed by atoms with Crippen molar-refractivity contribution in [2.24, 2.45) is 5.73 Å². The van der Waals surface area contributed by atoms with Gasteiger partial charge in [-0.05, 0) is 56.4 Å². The van der Waals surface area contributed by atoms with E-state index in [9.17, 15) is 9.59 Å². The largest absolute Gasteiger partial charge is 0.426 e. The molecular formula is C17H18N2O3S. The lowest BCUT2D eigenvalue weighted by atomic mass is 9.97. The van der Waals surface area contributed by atoms with Crippen molar-refractivity contribution in [3.8, 4) is 5.69 Å². The molecule has 0 saturated heterocycles. The van der Waals surface area contributed by atoms with E-state index in [0.717, 1.165) is 33.2 Å². The van der Waals surface area contributed by atoms with Crippen molar-refractivity contribution < 1.29 is 4.42 Å². The van der Waals surface area contributed by atoms with Gasteiger partial charge in [-0.2, -0.15) is 0 Å². The smallest absolute Gasteiger partial charge is 0.414 e. The zero-order chi connectivity index (χ0) is 16.9. The first kappa shape index (κ1) is 15.7. The molecule has 0 spiro atoms. The number of rotatable bonds is 2. The molecule has 0 amide bonds. The van der Waals surface area contributed by atoms with Crippen LogP contribution < -0.4 is 17.0 Å². The first-order chi connectivity index (χ1) is 10.8. The highest BCUT2D eigenvalue weighted by Crippen LogP contribution is 2.25. The molecule has 1 aromatic heterocycles. The van der Waals surface area contributed by atoms with Gasteiger partial charge in [0.1, 0.15) is 10.7 Å². The molecule has 1 aliphatic carbocycles. The normalized spacial score (nSPS) is 13.2. The van der Waals surface area contributed by atoms with Crippen molar-refractivity contribution in [1.29, 1.82) is 0 Å². The molecule has 0 aliphatic heterocycles. The van der Waals surface area contributed by atoms with E-state index in [0.29, 0.717) is 34.8 Å². The topological polar surface area (TPSA) is 78.2 Å². The minimum absolute atomic E-state index is 0.276. The standard InChI is InChI=1S/C17H18N2O3S/c1-8-7-12(15(18)23)9(2)10(3)14(8)19-16(20)11-5-4-6-13(11)22-17(19)21/h7H,4-6H2,1-3H3,(H2,18,23). The molecule has 0 radical (unpaired) electrons. The van der Waals surface area contributed by atoms with Crippen LogP contribution in [0.1, 0.15) is 40.0 Å². The molecule has 3 rings (SSSR count). The van der Waals surface area contributed by atoms with Gasteiger partial charge in [0.2, 0.25) is 0 Å². The van der Waals surface area contributed by atoms with Crippen LogP contribution >= 0.6 is 12.2 Å². The van der Waals surface area contributed by atoms with Gasteiger partial charge >= 0.3 is 5.76 Å². The first-order valence-electron chi connectivity index (χ1n) is 7.51. The third kappa shape index (κ3) is 2.34. The summed E-state index contributed by atoms with van der Waals surface area (Å²) in [6.07, 6.45) is 2.15. The number of fused-ring (bicyclic) bond motifs is 1. The van der Waals surface area contributed by atoms with Gasteiger partial charge in [0.05, 0.1) is 11.3 Å². The first-order valence-corrected chi connectivity index (χ1v) is 7.92. The molecule has 0 fully saturated rings. The predicted molar refractivity (Wildman–Crippen MR) is 92.7 cm³/mol. The van der Waals surface area contributed by atoms with Gasteiger partial charge in [-0.3, -0.25) is 4.79 Å². The Bertz CT molecular complexity index is 954. The second-order valence-corrected chi connectivity index (χ2v) is 6.41. The fraction of sp³-hybridized carbons (Fsp3) is 0.353. The fourth-order valence-corrected chi connectivity index (χ4v) is 3.50. The maximum Gasteiger partial charge on any atom is 0.426 e. The van der Waals surface area contributed by atoms with Crippen LogP contribution in [0.15, 0.2) is 20.1 Å². The second kappa shape index (κ2) is 5.45. The molecule has 0 atom stereocenters. The van der Waals surface area contributed by atoms with Gasteiger partial charge in [-0.15, -0.1) is 0 Å². The van der Waals surface area contributed by atoms with Crippen LogP contribution in [0.25, 0.3) is 5.69 Å². The molecule has 23 heavy (non-hydrogen) atoms. The molecule has 0 saturated carbocycles. The molecule has 2 aromatic rings. The Kier molecular flexibility index (Phi) is 3.72. The van der Waals surface area contributed by atoms with Gasteiger partial charge in [-0.25, -0.2) is 9.36 Å². The number of benzene rings is 1. The Morgan fingerprint density at radius 2 is 1.91 bits per heavy atom. The summed E-state index contributed by atoms with van der Waals surface area (Å²) in [5.41, 5.74) is 9.86. The lowest BCUT2D eigenvalue weighted by Gasteiger charge is -2.17. The summed E-state index contributed by atoms with van der Waals surface area (Å²) in [4.78, 5) is 25.4. The van der Waals surface area contributed by atoms with Gasteiger partial charge < -0.3 is 10.2 Å². The molecular weight excluding hydrogens is 312 g/mol. The van der Waals surface area contributed by atoms with Crippen molar-refractivity contribution >= 4 is 17.2 Å². The number of hydrogen-bond acceptors (Lipinski definition) is 4. The van der Waals surface area contributed by atoms with E-state index in [1.165, 1.54) is 0 Å². The van der Waals surface area contributed by atoms with E-state index in [-0.39, 0.29) is 5.56 Å². The Morgan fingerprint density at radius 1 is 1.22 bits per heavy atom. The number of nitrogens with zero attached hydrogens (tertiary/aromatic N) is 1. The number of hydrogen-bond donors (Lipinski definition) is 1. The number of thiocarbonyl (C=S) groups is 1. The van der Waals surface area contributed by atoms with E-state index in [4.69, 9.17) is 22.4 Å². The molecule has 1 aliphatic rings. The Morgan fingerprint density at radius 3 is 2.57 bits per heavy atom. The summed E-state index contributed by atoms with van der Waals surface area (Å²) < 4.78 is 6.51. The SMILES string of the molecule is Cc1cc(C(N)=S)c(C)c(C)c1-n1c(=O)oc2c(c1=O)CCC2. The molecule has 0 bridgehead atoms. The molecule has 1 heterocycles. The third-order valence-corrected chi connectivity index (χ3v) is 4.79. The summed E-state index contributed by atoms with van der Waals surface area (Å²) in [6, 6.07) is 1.82. The molecule has 1 aromatic carbocycles. The highest BCUT2D eigenvalue weighted by Gasteiger charge is 2.24. The Labute approximate surface area is 138 Å². The van der Waals surface area contributed by atoms with Crippen molar-refractivity contribution in [3.05, 3.63) is 60.5 Å². The van der Waals surface area contributed by atoms with E-state index < -0.39 is 5.76 Å². The van der Waals surface area contributed by atoms with Crippen LogP contribution in [0.3, 0.4) is 0 Å². The summed E-state index contributed by atoms with van der Waals surface area (Å²) in [5.74, 6) is -0.104. The maximum absolute atomic E-state index is 12.8. The summed E-state index contributed by atoms with van der Waals surface area (Å²) in [6.45, 7) is 5.58. The predicted octanol–water partition coefficient (Wildman–Crippen LogP) is 1.84. The average Bonchev–Trinajstić information content (AvgIpc) is 2.94. The van der Waals surface area contributed by atoms with E-state index >= 15 is 0 Å². The molecule has 2 N–H and O–H groups in total. The van der Waals surface area contributed by atoms with Crippen molar-refractivity contribution in [2.45, 2.75) is 40.0 Å². The van der Waals surface area contributed by atoms with E-state index in [1.54, 1.807) is 0 Å². The fourth-order valence-electron chi connectivity index (χ4n) is 3.29. The van der Waals surface area contributed by atoms with Crippen LogP contribution in [0.2, 0.25) is 0 Å². The summed E-state index contributed by atoms with van der Waals surface area (Å²) >= 11 is 5.07. The van der Waals surface area contributed by atoms with Crippen LogP contribution in [0.5, 0.6) is 0 Å². The highest BCUT2D eigenvalue weighted by atomic mass is 32.1. The summed E-state index contributed by atoms with van der Waals surface area (Å²) in [7, 11) is 0. The number of nitrogens with two attached hydrogens (primary N) is 1. The minimum atomic E-state index is -0.635. The van der Waals surface area contributed by atoms with Crippen molar-refractivity contribution in [3.63, 3.8) is 0 Å². The van der Waals surface area contributed by atoms with Crippen molar-refractivity contribution in [1.82, 2.24) is 4.57 Å². The van der Waals surface area contributed by atoms with Crippen LogP contribution in [0.4, 0.5) is 0 Å². The van der Waals surface area contributed by atoms with E-state index in [2.05, 4.69) is 0 Å². The molecule has 6 heteroatoms. The average molecular weight is 330 g/mol. The van der Waals surface area contributed by atoms with Crippen molar-refractivity contribution in [2.75, 3.05) is 0 Å². The lowest BCUT2D eigenvalue weighted by molar-refractivity contribution is 0.421. The molecule has 0 unspecified atom stereocenters. The Balaban J connectivity index is 2.38. The van der Waals surface area contributed by atoms with Gasteiger partial charge in [0.25, 0.3) is 5.56 Å². The zero-order valence-corrected chi connectivity index (χ0v) is 14.2. The van der Waals surface area contributed by atoms with Gasteiger partial charge in [0.15, 0.2) is 0 Å². The molecule has 5 nitrogen and oxygen atoms in total. The highest BCUT2D eigenvalue weighted by molar-refractivity contribution is 7.80. The number of aromatic nitrogens is 1. The van der Waals surface area contributed by atoms with Gasteiger partial charge in [0, 0.05) is 12.0 Å². The summed E-state index contributed by atoms with van der Waals surface area (Å²) in [5, 5.41) is 0. The zero-order valence-electron chi connectivity index (χ0n) is 13.4. The minimum Gasteiger partial charge on any atom is -0.414 e. The van der Waals surface area contributed by atoms with E-state index in [1.807, 2.05) is 26.8 Å². The van der Waals surface area contributed by atoms with Crippen LogP contribution in [-0.4, -0.2) is 9.56 Å². The van der Waals surface area contributed by atoms with Crippen LogP contribution in [-0.2, 0) is 12.8 Å². The third-order valence-electron chi connectivity index (χ3n) is 4.57.